The molecule has 1 aromatic rings. The summed E-state index contributed by atoms with van der Waals surface area (Å²) in [6.45, 7) is 8.02. The summed E-state index contributed by atoms with van der Waals surface area (Å²) in [6.07, 6.45) is 0. The fourth-order valence-corrected chi connectivity index (χ4v) is 2.31. The molecule has 1 aliphatic heterocycles. The summed E-state index contributed by atoms with van der Waals surface area (Å²) in [4.78, 5) is 13.7. The van der Waals surface area contributed by atoms with Gasteiger partial charge in [0.05, 0.1) is 33.2 Å². The number of nitrogens with one attached hydrogen (secondary N) is 2. The van der Waals surface area contributed by atoms with Crippen LogP contribution in [0.2, 0.25) is 0 Å². The van der Waals surface area contributed by atoms with Gasteiger partial charge in [-0.3, -0.25) is 10.2 Å². The Bertz CT molecular complexity index is 416. The number of piperazine rings is 1. The second-order valence-electron chi connectivity index (χ2n) is 5.26. The van der Waals surface area contributed by atoms with Crippen LogP contribution in [0.4, 0.5) is 0 Å². The normalized spacial score (nSPS) is 17.7. The Hall–Kier alpha value is -1.39. The van der Waals surface area contributed by atoms with E-state index in [4.69, 9.17) is 0 Å². The predicted octanol–water partition coefficient (Wildman–Crippen LogP) is -0.221. The van der Waals surface area contributed by atoms with Crippen molar-refractivity contribution in [1.29, 1.82) is 0 Å². The van der Waals surface area contributed by atoms with Crippen molar-refractivity contribution in [3.05, 3.63) is 34.9 Å². The molecule has 0 atom stereocenters. The average Bonchev–Trinajstić information content (AvgIpc) is 2.31. The molecular weight excluding hydrogens is 226 g/mol. The number of amides is 1. The number of likely N-dealkylation sites (N-methyl/N-ethyl adjacent to an activating group) is 1. The molecule has 0 saturated carbocycles. The van der Waals surface area contributed by atoms with Crippen molar-refractivity contribution in [2.24, 2.45) is 0 Å². The van der Waals surface area contributed by atoms with Crippen LogP contribution >= 0.6 is 0 Å². The van der Waals surface area contributed by atoms with Crippen LogP contribution in [0.25, 0.3) is 0 Å². The van der Waals surface area contributed by atoms with E-state index in [2.05, 4.69) is 18.5 Å². The first-order valence-electron chi connectivity index (χ1n) is 6.50. The first-order valence-corrected chi connectivity index (χ1v) is 6.50. The van der Waals surface area contributed by atoms with Gasteiger partial charge in [-0.25, -0.2) is 5.01 Å². The summed E-state index contributed by atoms with van der Waals surface area (Å²) in [6, 6.07) is 5.95. The molecule has 1 fully saturated rings. The molecule has 0 unspecified atom stereocenters. The number of aryl methyl sites for hydroxylation is 2. The minimum absolute atomic E-state index is 0.00125. The number of rotatable bonds is 2. The molecule has 1 amide bonds. The Morgan fingerprint density at radius 2 is 1.72 bits per heavy atom. The number of benzene rings is 1. The third-order valence-corrected chi connectivity index (χ3v) is 3.36. The fraction of sp³-hybridized carbons (Fsp3) is 0.500. The standard InChI is InChI=1S/C14H21N3O/c1-11-8-12(2)10-13(9-11)14(18)15-17-6-4-16(3)5-7-17/h8-10H,4-7H2,1-3H3,(H,15,18)/p+1. The second-order valence-corrected chi connectivity index (χ2v) is 5.26. The lowest BCUT2D eigenvalue weighted by Crippen LogP contribution is -3.12. The number of quaternary nitrogens is 1. The van der Waals surface area contributed by atoms with E-state index in [0.29, 0.717) is 0 Å². The molecule has 98 valence electrons. The quantitative estimate of drug-likeness (QED) is 0.759. The molecule has 2 rings (SSSR count). The van der Waals surface area contributed by atoms with Gasteiger partial charge in [-0.2, -0.15) is 0 Å². The van der Waals surface area contributed by atoms with E-state index in [1.807, 2.05) is 31.0 Å². The number of carbonyl (C=O) groups excluding carboxylic acids is 1. The summed E-state index contributed by atoms with van der Waals surface area (Å²) >= 11 is 0. The molecular formula is C14H22N3O+. The lowest BCUT2D eigenvalue weighted by Gasteiger charge is -2.30. The minimum atomic E-state index is 0.00125. The van der Waals surface area contributed by atoms with Gasteiger partial charge in [0, 0.05) is 5.56 Å². The first kappa shape index (κ1) is 13.1. The van der Waals surface area contributed by atoms with Crippen molar-refractivity contribution < 1.29 is 9.69 Å². The van der Waals surface area contributed by atoms with Crippen molar-refractivity contribution in [2.45, 2.75) is 13.8 Å². The molecule has 1 aromatic carbocycles. The molecule has 4 nitrogen and oxygen atoms in total. The van der Waals surface area contributed by atoms with Gasteiger partial charge >= 0.3 is 0 Å². The topological polar surface area (TPSA) is 36.8 Å². The van der Waals surface area contributed by atoms with E-state index in [1.165, 1.54) is 4.90 Å². The summed E-state index contributed by atoms with van der Waals surface area (Å²) < 4.78 is 0. The van der Waals surface area contributed by atoms with Gasteiger partial charge in [-0.1, -0.05) is 17.2 Å². The molecule has 4 heteroatoms. The van der Waals surface area contributed by atoms with Crippen LogP contribution in [0, 0.1) is 13.8 Å². The van der Waals surface area contributed by atoms with E-state index in [1.54, 1.807) is 0 Å². The number of carbonyl (C=O) groups is 1. The molecule has 18 heavy (non-hydrogen) atoms. The minimum Gasteiger partial charge on any atom is -0.335 e. The van der Waals surface area contributed by atoms with Gasteiger partial charge in [-0.05, 0) is 26.0 Å². The first-order chi connectivity index (χ1) is 8.54. The van der Waals surface area contributed by atoms with Gasteiger partial charge < -0.3 is 4.90 Å². The van der Waals surface area contributed by atoms with E-state index in [-0.39, 0.29) is 5.91 Å². The third-order valence-electron chi connectivity index (χ3n) is 3.36. The van der Waals surface area contributed by atoms with E-state index < -0.39 is 0 Å². The Balaban J connectivity index is 1.99. The third kappa shape index (κ3) is 3.31. The molecule has 1 heterocycles. The number of hydrogen-bond acceptors (Lipinski definition) is 2. The highest BCUT2D eigenvalue weighted by Crippen LogP contribution is 2.08. The molecule has 1 saturated heterocycles. The largest absolute Gasteiger partial charge is 0.335 e. The maximum Gasteiger partial charge on any atom is 0.265 e. The average molecular weight is 248 g/mol. The van der Waals surface area contributed by atoms with Gasteiger partial charge in [0.1, 0.15) is 0 Å². The molecule has 0 radical (unpaired) electrons. The van der Waals surface area contributed by atoms with Gasteiger partial charge in [0.15, 0.2) is 0 Å². The molecule has 0 aliphatic carbocycles. The zero-order valence-corrected chi connectivity index (χ0v) is 11.4. The molecule has 1 aliphatic rings. The summed E-state index contributed by atoms with van der Waals surface area (Å²) in [7, 11) is 2.18. The Labute approximate surface area is 109 Å². The van der Waals surface area contributed by atoms with Crippen molar-refractivity contribution in [3.63, 3.8) is 0 Å². The van der Waals surface area contributed by atoms with Gasteiger partial charge in [0.25, 0.3) is 5.91 Å². The predicted molar refractivity (Wildman–Crippen MR) is 71.6 cm³/mol. The van der Waals surface area contributed by atoms with Crippen LogP contribution in [-0.4, -0.2) is 44.1 Å². The van der Waals surface area contributed by atoms with Crippen LogP contribution in [0.5, 0.6) is 0 Å². The van der Waals surface area contributed by atoms with E-state index in [0.717, 1.165) is 42.9 Å². The van der Waals surface area contributed by atoms with E-state index in [9.17, 15) is 4.79 Å². The number of nitrogens with zero attached hydrogens (tertiary/aromatic N) is 1. The fourth-order valence-electron chi connectivity index (χ4n) is 2.31. The molecule has 2 N–H and O–H groups in total. The lowest BCUT2D eigenvalue weighted by atomic mass is 10.1. The maximum absolute atomic E-state index is 12.1. The van der Waals surface area contributed by atoms with E-state index >= 15 is 0 Å². The van der Waals surface area contributed by atoms with Crippen molar-refractivity contribution in [2.75, 3.05) is 33.2 Å². The Kier molecular flexibility index (Phi) is 3.99. The van der Waals surface area contributed by atoms with Crippen LogP contribution in [0.3, 0.4) is 0 Å². The summed E-state index contributed by atoms with van der Waals surface area (Å²) in [5.41, 5.74) is 6.00. The summed E-state index contributed by atoms with van der Waals surface area (Å²) in [5.74, 6) is 0.00125. The summed E-state index contributed by atoms with van der Waals surface area (Å²) in [5, 5.41) is 2.02. The van der Waals surface area contributed by atoms with Crippen LogP contribution in [0.1, 0.15) is 21.5 Å². The van der Waals surface area contributed by atoms with Crippen molar-refractivity contribution >= 4 is 5.91 Å². The highest BCUT2D eigenvalue weighted by Gasteiger charge is 2.18. The zero-order valence-electron chi connectivity index (χ0n) is 11.4. The molecule has 0 bridgehead atoms. The van der Waals surface area contributed by atoms with Gasteiger partial charge in [0.2, 0.25) is 0 Å². The van der Waals surface area contributed by atoms with Crippen molar-refractivity contribution in [1.82, 2.24) is 10.4 Å². The molecule has 0 aromatic heterocycles. The number of hydrazine groups is 1. The maximum atomic E-state index is 12.1. The zero-order chi connectivity index (χ0) is 13.1. The Morgan fingerprint density at radius 1 is 1.17 bits per heavy atom. The smallest absolute Gasteiger partial charge is 0.265 e. The lowest BCUT2D eigenvalue weighted by molar-refractivity contribution is -0.884. The SMILES string of the molecule is Cc1cc(C)cc(C(=O)NN2CC[NH+](C)CC2)c1. The highest BCUT2D eigenvalue weighted by atomic mass is 16.2. The Morgan fingerprint density at radius 3 is 2.28 bits per heavy atom. The van der Waals surface area contributed by atoms with Gasteiger partial charge in [-0.15, -0.1) is 0 Å². The highest BCUT2D eigenvalue weighted by molar-refractivity contribution is 5.94. The van der Waals surface area contributed by atoms with Crippen LogP contribution < -0.4 is 10.3 Å². The van der Waals surface area contributed by atoms with Crippen molar-refractivity contribution in [3.8, 4) is 0 Å². The second kappa shape index (κ2) is 5.50. The van der Waals surface area contributed by atoms with Crippen LogP contribution in [-0.2, 0) is 0 Å². The van der Waals surface area contributed by atoms with Crippen LogP contribution in [0.15, 0.2) is 18.2 Å². The number of hydrogen-bond donors (Lipinski definition) is 2. The monoisotopic (exact) mass is 248 g/mol. The molecule has 0 spiro atoms.